The van der Waals surface area contributed by atoms with Gasteiger partial charge in [-0.25, -0.2) is 0 Å². The molecule has 4 heteroatoms. The molecule has 24 heavy (non-hydrogen) atoms. The first-order valence-electron chi connectivity index (χ1n) is 8.19. The Balaban J connectivity index is 1.95. The molecule has 1 aliphatic rings. The van der Waals surface area contributed by atoms with Crippen LogP contribution in [-0.2, 0) is 0 Å². The van der Waals surface area contributed by atoms with Crippen molar-refractivity contribution in [2.75, 3.05) is 18.5 Å². The number of carbonyl (C=O) groups excluding carboxylic acids is 1. The summed E-state index contributed by atoms with van der Waals surface area (Å²) in [5, 5.41) is 0.494. The third kappa shape index (κ3) is 2.89. The third-order valence-electron chi connectivity index (χ3n) is 4.64. The molecule has 3 rings (SSSR count). The van der Waals surface area contributed by atoms with E-state index in [1.165, 1.54) is 11.3 Å². The second-order valence-corrected chi connectivity index (χ2v) is 7.66. The van der Waals surface area contributed by atoms with Crippen LogP contribution in [0.3, 0.4) is 0 Å². The first kappa shape index (κ1) is 16.8. The molecule has 0 aromatic heterocycles. The molecule has 0 aliphatic carbocycles. The number of hydrogen-bond donors (Lipinski definition) is 0. The van der Waals surface area contributed by atoms with Gasteiger partial charge in [-0.3, -0.25) is 4.79 Å². The zero-order chi connectivity index (χ0) is 17.5. The van der Waals surface area contributed by atoms with Gasteiger partial charge in [0.1, 0.15) is 0 Å². The highest BCUT2D eigenvalue weighted by Gasteiger charge is 2.37. The van der Waals surface area contributed by atoms with Crippen LogP contribution in [0.1, 0.15) is 42.7 Å². The van der Waals surface area contributed by atoms with Crippen LogP contribution in [-0.4, -0.2) is 29.9 Å². The minimum atomic E-state index is -0.0452. The molecule has 2 aromatic rings. The number of nitrogens with zero attached hydrogens (tertiary/aromatic N) is 2. The number of rotatable bonds is 2. The van der Waals surface area contributed by atoms with E-state index >= 15 is 0 Å². The van der Waals surface area contributed by atoms with Gasteiger partial charge in [0.15, 0.2) is 0 Å². The molecule has 0 N–H and O–H groups in total. The predicted molar refractivity (Wildman–Crippen MR) is 99.8 cm³/mol. The summed E-state index contributed by atoms with van der Waals surface area (Å²) in [4.78, 5) is 17.1. The van der Waals surface area contributed by atoms with Crippen LogP contribution < -0.4 is 4.90 Å². The van der Waals surface area contributed by atoms with Crippen LogP contribution in [0.15, 0.2) is 48.5 Å². The lowest BCUT2D eigenvalue weighted by Gasteiger charge is -2.35. The number of benzene rings is 2. The molecule has 1 unspecified atom stereocenters. The summed E-state index contributed by atoms with van der Waals surface area (Å²) < 4.78 is 0. The fourth-order valence-corrected chi connectivity index (χ4v) is 3.53. The Morgan fingerprint density at radius 2 is 1.75 bits per heavy atom. The Labute approximate surface area is 148 Å². The Kier molecular flexibility index (Phi) is 4.31. The molecule has 1 aliphatic heterocycles. The molecule has 0 radical (unpaired) electrons. The molecular weight excluding hydrogens is 320 g/mol. The fraction of sp³-hybridized carbons (Fsp3) is 0.350. The number of carbonyl (C=O) groups is 1. The lowest BCUT2D eigenvalue weighted by molar-refractivity contribution is 0.0738. The number of para-hydroxylation sites is 1. The standard InChI is InChI=1S/C20H23ClN2O/c1-20(2,3)23-13-18(15-10-6-8-12-17(15)23)22(4)19(24)14-9-5-7-11-16(14)21/h5-12,18H,13H2,1-4H3. The third-order valence-corrected chi connectivity index (χ3v) is 4.97. The minimum Gasteiger partial charge on any atom is -0.364 e. The van der Waals surface area contributed by atoms with Crippen molar-refractivity contribution in [2.24, 2.45) is 0 Å². The van der Waals surface area contributed by atoms with Gasteiger partial charge in [-0.15, -0.1) is 0 Å². The number of hydrogen-bond acceptors (Lipinski definition) is 2. The average Bonchev–Trinajstić information content (AvgIpc) is 2.94. The highest BCUT2D eigenvalue weighted by molar-refractivity contribution is 6.33. The van der Waals surface area contributed by atoms with E-state index in [2.05, 4.69) is 43.9 Å². The zero-order valence-electron chi connectivity index (χ0n) is 14.6. The average molecular weight is 343 g/mol. The van der Waals surface area contributed by atoms with Crippen LogP contribution in [0.25, 0.3) is 0 Å². The van der Waals surface area contributed by atoms with Gasteiger partial charge in [-0.2, -0.15) is 0 Å². The molecular formula is C20H23ClN2O. The van der Waals surface area contributed by atoms with Gasteiger partial charge in [0.2, 0.25) is 0 Å². The van der Waals surface area contributed by atoms with Gasteiger partial charge in [0, 0.05) is 24.8 Å². The van der Waals surface area contributed by atoms with Gasteiger partial charge in [0.05, 0.1) is 16.6 Å². The molecule has 0 spiro atoms. The molecule has 126 valence electrons. The monoisotopic (exact) mass is 342 g/mol. The summed E-state index contributed by atoms with van der Waals surface area (Å²) in [7, 11) is 1.86. The zero-order valence-corrected chi connectivity index (χ0v) is 15.3. The van der Waals surface area contributed by atoms with E-state index in [1.54, 1.807) is 12.1 Å². The van der Waals surface area contributed by atoms with Crippen molar-refractivity contribution in [2.45, 2.75) is 32.4 Å². The normalized spacial score (nSPS) is 16.9. The number of halogens is 1. The Hall–Kier alpha value is -2.00. The molecule has 1 heterocycles. The van der Waals surface area contributed by atoms with E-state index in [0.717, 1.165) is 6.54 Å². The summed E-state index contributed by atoms with van der Waals surface area (Å²) in [6.07, 6.45) is 0. The molecule has 1 atom stereocenters. The number of anilines is 1. The van der Waals surface area contributed by atoms with Crippen LogP contribution in [0.4, 0.5) is 5.69 Å². The van der Waals surface area contributed by atoms with Crippen LogP contribution >= 0.6 is 11.6 Å². The minimum absolute atomic E-state index is 0.000860. The molecule has 0 fully saturated rings. The largest absolute Gasteiger partial charge is 0.364 e. The lowest BCUT2D eigenvalue weighted by Crippen LogP contribution is -2.43. The van der Waals surface area contributed by atoms with Gasteiger partial charge in [-0.1, -0.05) is 41.9 Å². The van der Waals surface area contributed by atoms with Crippen molar-refractivity contribution < 1.29 is 4.79 Å². The van der Waals surface area contributed by atoms with E-state index < -0.39 is 0 Å². The van der Waals surface area contributed by atoms with Gasteiger partial charge in [0.25, 0.3) is 5.91 Å². The van der Waals surface area contributed by atoms with E-state index in [0.29, 0.717) is 10.6 Å². The quantitative estimate of drug-likeness (QED) is 0.784. The van der Waals surface area contributed by atoms with E-state index in [4.69, 9.17) is 11.6 Å². The Morgan fingerprint density at radius 1 is 1.12 bits per heavy atom. The maximum absolute atomic E-state index is 12.9. The summed E-state index contributed by atoms with van der Waals surface area (Å²) in [6, 6.07) is 15.6. The fourth-order valence-electron chi connectivity index (χ4n) is 3.32. The molecule has 0 bridgehead atoms. The van der Waals surface area contributed by atoms with Crippen molar-refractivity contribution in [3.8, 4) is 0 Å². The Morgan fingerprint density at radius 3 is 2.42 bits per heavy atom. The summed E-state index contributed by atoms with van der Waals surface area (Å²) in [5.41, 5.74) is 2.94. The van der Waals surface area contributed by atoms with Gasteiger partial charge < -0.3 is 9.80 Å². The highest BCUT2D eigenvalue weighted by Crippen LogP contribution is 2.41. The van der Waals surface area contributed by atoms with Crippen molar-refractivity contribution in [1.29, 1.82) is 0 Å². The number of fused-ring (bicyclic) bond motifs is 1. The molecule has 0 saturated heterocycles. The summed E-state index contributed by atoms with van der Waals surface area (Å²) >= 11 is 6.21. The first-order valence-corrected chi connectivity index (χ1v) is 8.57. The van der Waals surface area contributed by atoms with Crippen LogP contribution in [0.2, 0.25) is 5.02 Å². The molecule has 2 aromatic carbocycles. The van der Waals surface area contributed by atoms with E-state index in [-0.39, 0.29) is 17.5 Å². The SMILES string of the molecule is CN(C(=O)c1ccccc1Cl)C1CN(C(C)(C)C)c2ccccc21. The number of likely N-dealkylation sites (N-methyl/N-ethyl adjacent to an activating group) is 1. The van der Waals surface area contributed by atoms with Crippen LogP contribution in [0.5, 0.6) is 0 Å². The predicted octanol–water partition coefficient (Wildman–Crippen LogP) is 4.77. The van der Waals surface area contributed by atoms with Crippen LogP contribution in [0, 0.1) is 0 Å². The second-order valence-electron chi connectivity index (χ2n) is 7.25. The molecule has 0 saturated carbocycles. The Bertz CT molecular complexity index is 766. The molecule has 3 nitrogen and oxygen atoms in total. The summed E-state index contributed by atoms with van der Waals surface area (Å²) in [6.45, 7) is 7.38. The van der Waals surface area contributed by atoms with Crippen molar-refractivity contribution in [1.82, 2.24) is 4.90 Å². The molecule has 1 amide bonds. The van der Waals surface area contributed by atoms with Crippen molar-refractivity contribution in [3.63, 3.8) is 0 Å². The maximum atomic E-state index is 12.9. The highest BCUT2D eigenvalue weighted by atomic mass is 35.5. The lowest BCUT2D eigenvalue weighted by atomic mass is 10.1. The topological polar surface area (TPSA) is 23.6 Å². The van der Waals surface area contributed by atoms with Crippen molar-refractivity contribution in [3.05, 3.63) is 64.7 Å². The van der Waals surface area contributed by atoms with Gasteiger partial charge >= 0.3 is 0 Å². The maximum Gasteiger partial charge on any atom is 0.255 e. The van der Waals surface area contributed by atoms with Gasteiger partial charge in [-0.05, 0) is 44.5 Å². The van der Waals surface area contributed by atoms with E-state index in [9.17, 15) is 4.79 Å². The first-order chi connectivity index (χ1) is 11.3. The number of amides is 1. The smallest absolute Gasteiger partial charge is 0.255 e. The second kappa shape index (κ2) is 6.14. The summed E-state index contributed by atoms with van der Waals surface area (Å²) in [5.74, 6) is -0.0452. The van der Waals surface area contributed by atoms with Crippen molar-refractivity contribution >= 4 is 23.2 Å². The van der Waals surface area contributed by atoms with E-state index in [1.807, 2.05) is 30.1 Å².